The van der Waals surface area contributed by atoms with Gasteiger partial charge in [0.15, 0.2) is 5.82 Å². The molecule has 2 heterocycles. The Balaban J connectivity index is 0.00000306. The van der Waals surface area contributed by atoms with Gasteiger partial charge >= 0.3 is 6.03 Å². The summed E-state index contributed by atoms with van der Waals surface area (Å²) >= 11 is 0. The van der Waals surface area contributed by atoms with Gasteiger partial charge in [-0.25, -0.2) is 13.6 Å². The van der Waals surface area contributed by atoms with Crippen LogP contribution in [0.15, 0.2) is 30.3 Å². The number of rotatable bonds is 3. The van der Waals surface area contributed by atoms with Gasteiger partial charge in [0.25, 0.3) is 0 Å². The number of amides is 2. The van der Waals surface area contributed by atoms with E-state index >= 15 is 0 Å². The number of alkyl halides is 2. The fourth-order valence-corrected chi connectivity index (χ4v) is 4.46. The standard InChI is InChI=1S/C24H31F2N5O.ClH/c1-16-4-5-19(14-17(16)2)21-6-7-22(29-28-21)30-12-13-31(18(3)15-30)23(32)27-20-8-10-24(25,26)11-9-20;/h4-7,14,18,20H,8-13,15H2,1-3H3,(H,27,32);1H. The molecule has 180 valence electrons. The second kappa shape index (κ2) is 10.2. The van der Waals surface area contributed by atoms with Gasteiger partial charge in [-0.3, -0.25) is 0 Å². The number of aromatic nitrogens is 2. The van der Waals surface area contributed by atoms with E-state index in [9.17, 15) is 13.6 Å². The maximum absolute atomic E-state index is 13.4. The molecule has 1 atom stereocenters. The van der Waals surface area contributed by atoms with Crippen LogP contribution in [0.25, 0.3) is 11.3 Å². The summed E-state index contributed by atoms with van der Waals surface area (Å²) < 4.78 is 26.7. The summed E-state index contributed by atoms with van der Waals surface area (Å²) in [4.78, 5) is 16.6. The van der Waals surface area contributed by atoms with Gasteiger partial charge < -0.3 is 15.1 Å². The van der Waals surface area contributed by atoms with Crippen LogP contribution < -0.4 is 10.2 Å². The summed E-state index contributed by atoms with van der Waals surface area (Å²) in [5.74, 6) is -1.80. The van der Waals surface area contributed by atoms with E-state index in [1.54, 1.807) is 4.90 Å². The second-order valence-corrected chi connectivity index (χ2v) is 9.14. The number of halogens is 3. The van der Waals surface area contributed by atoms with Crippen molar-refractivity contribution in [2.75, 3.05) is 24.5 Å². The van der Waals surface area contributed by atoms with Crippen molar-refractivity contribution in [2.24, 2.45) is 0 Å². The van der Waals surface area contributed by atoms with E-state index in [0.29, 0.717) is 32.5 Å². The fourth-order valence-electron chi connectivity index (χ4n) is 4.46. The first-order chi connectivity index (χ1) is 15.2. The molecular weight excluding hydrogens is 448 g/mol. The topological polar surface area (TPSA) is 61.4 Å². The van der Waals surface area contributed by atoms with Crippen LogP contribution in [0.3, 0.4) is 0 Å². The molecule has 9 heteroatoms. The first-order valence-corrected chi connectivity index (χ1v) is 11.3. The van der Waals surface area contributed by atoms with Crippen molar-refractivity contribution in [1.29, 1.82) is 0 Å². The fraction of sp³-hybridized carbons (Fsp3) is 0.542. The van der Waals surface area contributed by atoms with Crippen LogP contribution in [0, 0.1) is 13.8 Å². The molecule has 1 aromatic heterocycles. The molecule has 2 aromatic rings. The first kappa shape index (κ1) is 25.1. The Morgan fingerprint density at radius 1 is 1.06 bits per heavy atom. The zero-order valence-corrected chi connectivity index (χ0v) is 20.2. The molecule has 1 saturated heterocycles. The van der Waals surface area contributed by atoms with Gasteiger partial charge in [-0.15, -0.1) is 22.6 Å². The molecule has 2 fully saturated rings. The third kappa shape index (κ3) is 5.91. The van der Waals surface area contributed by atoms with Gasteiger partial charge in [-0.2, -0.15) is 0 Å². The molecule has 0 radical (unpaired) electrons. The number of hydrogen-bond acceptors (Lipinski definition) is 4. The van der Waals surface area contributed by atoms with Crippen LogP contribution >= 0.6 is 12.4 Å². The van der Waals surface area contributed by atoms with Crippen molar-refractivity contribution in [3.8, 4) is 11.3 Å². The second-order valence-electron chi connectivity index (χ2n) is 9.14. The molecule has 4 rings (SSSR count). The Hall–Kier alpha value is -2.48. The summed E-state index contributed by atoms with van der Waals surface area (Å²) in [5, 5.41) is 11.8. The number of urea groups is 1. The number of carbonyl (C=O) groups is 1. The van der Waals surface area contributed by atoms with E-state index in [1.165, 1.54) is 11.1 Å². The van der Waals surface area contributed by atoms with Crippen molar-refractivity contribution in [3.05, 3.63) is 41.5 Å². The van der Waals surface area contributed by atoms with Gasteiger partial charge in [0.2, 0.25) is 5.92 Å². The highest BCUT2D eigenvalue weighted by Crippen LogP contribution is 2.33. The lowest BCUT2D eigenvalue weighted by molar-refractivity contribution is -0.0399. The Morgan fingerprint density at radius 3 is 2.39 bits per heavy atom. The van der Waals surface area contributed by atoms with Crippen molar-refractivity contribution in [2.45, 2.75) is 64.5 Å². The van der Waals surface area contributed by atoms with Crippen LogP contribution in [-0.4, -0.2) is 58.8 Å². The van der Waals surface area contributed by atoms with Crippen LogP contribution in [0.5, 0.6) is 0 Å². The molecular formula is C24H32ClF2N5O. The summed E-state index contributed by atoms with van der Waals surface area (Å²) in [6.45, 7) is 8.02. The van der Waals surface area contributed by atoms with E-state index in [1.807, 2.05) is 19.1 Å². The summed E-state index contributed by atoms with van der Waals surface area (Å²) in [7, 11) is 0. The highest BCUT2D eigenvalue weighted by Gasteiger charge is 2.36. The molecule has 33 heavy (non-hydrogen) atoms. The maximum atomic E-state index is 13.4. The van der Waals surface area contributed by atoms with E-state index in [2.05, 4.69) is 52.5 Å². The highest BCUT2D eigenvalue weighted by atomic mass is 35.5. The largest absolute Gasteiger partial charge is 0.351 e. The van der Waals surface area contributed by atoms with Gasteiger partial charge in [0.1, 0.15) is 0 Å². The van der Waals surface area contributed by atoms with Crippen molar-refractivity contribution in [3.63, 3.8) is 0 Å². The third-order valence-corrected chi connectivity index (χ3v) is 6.71. The Morgan fingerprint density at radius 2 is 1.79 bits per heavy atom. The van der Waals surface area contributed by atoms with Crippen molar-refractivity contribution in [1.82, 2.24) is 20.4 Å². The van der Waals surface area contributed by atoms with Crippen molar-refractivity contribution >= 4 is 24.3 Å². The number of benzene rings is 1. The number of piperazine rings is 1. The SMILES string of the molecule is Cc1ccc(-c2ccc(N3CCN(C(=O)NC4CCC(F)(F)CC4)C(C)C3)nn2)cc1C.Cl. The number of nitrogens with zero attached hydrogens (tertiary/aromatic N) is 4. The molecule has 2 amide bonds. The van der Waals surface area contributed by atoms with Gasteiger partial charge in [0.05, 0.1) is 5.69 Å². The van der Waals surface area contributed by atoms with E-state index in [-0.39, 0.29) is 43.4 Å². The lowest BCUT2D eigenvalue weighted by atomic mass is 9.92. The molecule has 1 N–H and O–H groups in total. The van der Waals surface area contributed by atoms with Crippen molar-refractivity contribution < 1.29 is 13.6 Å². The number of aryl methyl sites for hydroxylation is 2. The monoisotopic (exact) mass is 479 g/mol. The van der Waals surface area contributed by atoms with Crippen LogP contribution in [0.2, 0.25) is 0 Å². The number of carbonyl (C=O) groups excluding carboxylic acids is 1. The van der Waals surface area contributed by atoms with E-state index < -0.39 is 5.92 Å². The Labute approximate surface area is 200 Å². The molecule has 2 aliphatic rings. The Bertz CT molecular complexity index is 962. The van der Waals surface area contributed by atoms with Crippen LogP contribution in [0.4, 0.5) is 19.4 Å². The van der Waals surface area contributed by atoms with Gasteiger partial charge in [-0.05, 0) is 62.9 Å². The number of hydrogen-bond donors (Lipinski definition) is 1. The molecule has 6 nitrogen and oxygen atoms in total. The maximum Gasteiger partial charge on any atom is 0.317 e. The third-order valence-electron chi connectivity index (χ3n) is 6.71. The normalized spacial score (nSPS) is 20.8. The average Bonchev–Trinajstić information content (AvgIpc) is 2.77. The van der Waals surface area contributed by atoms with E-state index in [4.69, 9.17) is 0 Å². The number of nitrogens with one attached hydrogen (secondary N) is 1. The molecule has 1 unspecified atom stereocenters. The minimum Gasteiger partial charge on any atom is -0.351 e. The quantitative estimate of drug-likeness (QED) is 0.674. The van der Waals surface area contributed by atoms with Gasteiger partial charge in [-0.1, -0.05) is 12.1 Å². The summed E-state index contributed by atoms with van der Waals surface area (Å²) in [6, 6.07) is 9.86. The Kier molecular flexibility index (Phi) is 7.77. The lowest BCUT2D eigenvalue weighted by Crippen LogP contribution is -2.58. The van der Waals surface area contributed by atoms with Crippen LogP contribution in [-0.2, 0) is 0 Å². The van der Waals surface area contributed by atoms with E-state index in [0.717, 1.165) is 17.1 Å². The number of anilines is 1. The zero-order valence-electron chi connectivity index (χ0n) is 19.4. The molecule has 0 spiro atoms. The predicted molar refractivity (Wildman–Crippen MR) is 128 cm³/mol. The predicted octanol–water partition coefficient (Wildman–Crippen LogP) is 4.98. The van der Waals surface area contributed by atoms with Crippen LogP contribution in [0.1, 0.15) is 43.7 Å². The smallest absolute Gasteiger partial charge is 0.317 e. The molecule has 0 bridgehead atoms. The lowest BCUT2D eigenvalue weighted by Gasteiger charge is -2.41. The first-order valence-electron chi connectivity index (χ1n) is 11.3. The molecule has 1 aliphatic heterocycles. The van der Waals surface area contributed by atoms with Gasteiger partial charge in [0, 0.05) is 50.1 Å². The minimum atomic E-state index is -2.59. The minimum absolute atomic E-state index is 0. The zero-order chi connectivity index (χ0) is 22.9. The molecule has 1 aliphatic carbocycles. The molecule has 1 saturated carbocycles. The average molecular weight is 480 g/mol. The highest BCUT2D eigenvalue weighted by molar-refractivity contribution is 5.85. The molecule has 1 aromatic carbocycles. The summed E-state index contributed by atoms with van der Waals surface area (Å²) in [5.41, 5.74) is 4.35. The summed E-state index contributed by atoms with van der Waals surface area (Å²) in [6.07, 6.45) is 0.348.